The molecule has 7 heteroatoms. The Morgan fingerprint density at radius 3 is 2.81 bits per heavy atom. The fourth-order valence-corrected chi connectivity index (χ4v) is 4.23. The Balaban J connectivity index is 1.74. The quantitative estimate of drug-likeness (QED) is 0.847. The number of nitrogens with one attached hydrogen (secondary N) is 1. The van der Waals surface area contributed by atoms with Crippen molar-refractivity contribution in [3.63, 3.8) is 0 Å². The van der Waals surface area contributed by atoms with Gasteiger partial charge in [-0.05, 0) is 25.0 Å². The van der Waals surface area contributed by atoms with Gasteiger partial charge in [0.25, 0.3) is 5.76 Å². The lowest BCUT2D eigenvalue weighted by molar-refractivity contribution is 0.0624. The first-order chi connectivity index (χ1) is 10.2. The molecule has 0 atom stereocenters. The van der Waals surface area contributed by atoms with Crippen molar-refractivity contribution >= 4 is 34.4 Å². The minimum Gasteiger partial charge on any atom is -0.381 e. The Morgan fingerprint density at radius 1 is 1.29 bits per heavy atom. The van der Waals surface area contributed by atoms with Crippen molar-refractivity contribution in [2.24, 2.45) is 4.99 Å². The number of hydrogen-bond acceptors (Lipinski definition) is 5. The smallest absolute Gasteiger partial charge is 0.288 e. The van der Waals surface area contributed by atoms with E-state index < -0.39 is 5.76 Å². The molecule has 1 saturated heterocycles. The topological polar surface area (TPSA) is 33.6 Å². The van der Waals surface area contributed by atoms with Gasteiger partial charge in [0.2, 0.25) is 0 Å². The van der Waals surface area contributed by atoms with Crippen LogP contribution in [0.15, 0.2) is 34.2 Å². The number of halogens is 2. The molecular weight excluding hydrogens is 314 g/mol. The summed E-state index contributed by atoms with van der Waals surface area (Å²) in [4.78, 5) is 5.33. The summed E-state index contributed by atoms with van der Waals surface area (Å²) in [6.07, 6.45) is 1.86. The highest BCUT2D eigenvalue weighted by Crippen LogP contribution is 2.38. The van der Waals surface area contributed by atoms with Gasteiger partial charge in [0, 0.05) is 23.9 Å². The maximum absolute atomic E-state index is 12.6. The molecule has 3 rings (SSSR count). The average Bonchev–Trinajstić information content (AvgIpc) is 2.84. The lowest BCUT2D eigenvalue weighted by Gasteiger charge is -2.29. The first-order valence-corrected chi connectivity index (χ1v) is 8.65. The zero-order valence-electron chi connectivity index (χ0n) is 11.4. The molecule has 1 aromatic rings. The van der Waals surface area contributed by atoms with E-state index in [-0.39, 0.29) is 5.54 Å². The van der Waals surface area contributed by atoms with Crippen LogP contribution in [0.4, 0.5) is 14.5 Å². The molecular formula is C14H16F2N2OS2. The summed E-state index contributed by atoms with van der Waals surface area (Å²) < 4.78 is 30.6. The number of nitrogens with zero attached hydrogens (tertiary/aromatic N) is 1. The molecule has 0 bridgehead atoms. The molecule has 114 valence electrons. The zero-order valence-corrected chi connectivity index (χ0v) is 13.0. The summed E-state index contributed by atoms with van der Waals surface area (Å²) >= 11 is 2.21. The number of aliphatic imine (C=N–C) groups is 1. The first kappa shape index (κ1) is 15.1. The second kappa shape index (κ2) is 6.54. The van der Waals surface area contributed by atoms with Crippen LogP contribution in [-0.4, -0.2) is 35.4 Å². The molecule has 1 N–H and O–H groups in total. The maximum atomic E-state index is 12.6. The van der Waals surface area contributed by atoms with E-state index >= 15 is 0 Å². The second-order valence-electron chi connectivity index (χ2n) is 5.04. The lowest BCUT2D eigenvalue weighted by atomic mass is 9.93. The summed E-state index contributed by atoms with van der Waals surface area (Å²) in [5.74, 6) is -1.49. The predicted molar refractivity (Wildman–Crippen MR) is 84.6 cm³/mol. The number of hydrogen-bond donors (Lipinski definition) is 1. The summed E-state index contributed by atoms with van der Waals surface area (Å²) in [5, 5.41) is 4.02. The number of rotatable bonds is 3. The maximum Gasteiger partial charge on any atom is 0.288 e. The largest absolute Gasteiger partial charge is 0.381 e. The van der Waals surface area contributed by atoms with Crippen LogP contribution < -0.4 is 5.32 Å². The van der Waals surface area contributed by atoms with Gasteiger partial charge in [0.05, 0.1) is 11.2 Å². The molecule has 2 heterocycles. The summed E-state index contributed by atoms with van der Waals surface area (Å²) in [7, 11) is 0. The Labute approximate surface area is 130 Å². The fraction of sp³-hybridized carbons (Fsp3) is 0.500. The summed E-state index contributed by atoms with van der Waals surface area (Å²) in [6.45, 7) is 1.49. The van der Waals surface area contributed by atoms with Gasteiger partial charge in [-0.2, -0.15) is 8.78 Å². The molecule has 0 saturated carbocycles. The number of ether oxygens (including phenoxy) is 1. The van der Waals surface area contributed by atoms with Crippen molar-refractivity contribution < 1.29 is 13.5 Å². The van der Waals surface area contributed by atoms with Crippen molar-refractivity contribution in [1.82, 2.24) is 0 Å². The number of thioether (sulfide) groups is 2. The second-order valence-corrected chi connectivity index (χ2v) is 7.04. The van der Waals surface area contributed by atoms with Crippen LogP contribution in [0.3, 0.4) is 0 Å². The van der Waals surface area contributed by atoms with Crippen LogP contribution in [0, 0.1) is 0 Å². The van der Waals surface area contributed by atoms with E-state index in [1.54, 1.807) is 23.9 Å². The van der Waals surface area contributed by atoms with E-state index in [0.717, 1.165) is 37.0 Å². The Kier molecular flexibility index (Phi) is 4.71. The fourth-order valence-electron chi connectivity index (χ4n) is 2.44. The number of alkyl halides is 2. The Hall–Kier alpha value is -0.790. The zero-order chi connectivity index (χ0) is 14.7. The highest BCUT2D eigenvalue weighted by atomic mass is 32.2. The van der Waals surface area contributed by atoms with E-state index in [0.29, 0.717) is 22.3 Å². The molecule has 1 aromatic carbocycles. The molecule has 2 aliphatic rings. The highest BCUT2D eigenvalue weighted by Gasteiger charge is 2.37. The molecule has 0 aromatic heterocycles. The minimum atomic E-state index is -2.42. The number of para-hydroxylation sites is 1. The standard InChI is InChI=1S/C14H16F2N2OS2/c15-12(16)21-11-4-2-1-3-10(11)17-13-18-14(9-20-13)5-7-19-8-6-14/h1-4,12H,5-9H2,(H,17,18). The van der Waals surface area contributed by atoms with Gasteiger partial charge in [-0.3, -0.25) is 4.99 Å². The molecule has 2 aliphatic heterocycles. The minimum absolute atomic E-state index is 0.0317. The van der Waals surface area contributed by atoms with Gasteiger partial charge in [-0.1, -0.05) is 35.7 Å². The van der Waals surface area contributed by atoms with Crippen molar-refractivity contribution in [1.29, 1.82) is 0 Å². The van der Waals surface area contributed by atoms with Crippen LogP contribution >= 0.6 is 23.5 Å². The van der Waals surface area contributed by atoms with E-state index in [2.05, 4.69) is 5.32 Å². The lowest BCUT2D eigenvalue weighted by Crippen LogP contribution is -2.34. The Morgan fingerprint density at radius 2 is 2.05 bits per heavy atom. The number of amidine groups is 1. The van der Waals surface area contributed by atoms with Gasteiger partial charge in [-0.25, -0.2) is 0 Å². The van der Waals surface area contributed by atoms with Crippen molar-refractivity contribution in [2.75, 3.05) is 24.3 Å². The van der Waals surface area contributed by atoms with Crippen molar-refractivity contribution in [3.05, 3.63) is 24.3 Å². The van der Waals surface area contributed by atoms with Gasteiger partial charge < -0.3 is 10.1 Å². The molecule has 21 heavy (non-hydrogen) atoms. The van der Waals surface area contributed by atoms with Crippen LogP contribution in [0.2, 0.25) is 0 Å². The van der Waals surface area contributed by atoms with Crippen LogP contribution in [-0.2, 0) is 4.74 Å². The monoisotopic (exact) mass is 330 g/mol. The highest BCUT2D eigenvalue weighted by molar-refractivity contribution is 8.14. The first-order valence-electron chi connectivity index (χ1n) is 6.78. The number of anilines is 1. The third kappa shape index (κ3) is 3.70. The van der Waals surface area contributed by atoms with E-state index in [4.69, 9.17) is 9.73 Å². The third-order valence-corrected chi connectivity index (χ3v) is 5.52. The molecule has 0 amide bonds. The molecule has 1 fully saturated rings. The van der Waals surface area contributed by atoms with Gasteiger partial charge >= 0.3 is 0 Å². The average molecular weight is 330 g/mol. The van der Waals surface area contributed by atoms with Crippen LogP contribution in [0.5, 0.6) is 0 Å². The molecule has 0 unspecified atom stereocenters. The normalized spacial score (nSPS) is 20.8. The summed E-state index contributed by atoms with van der Waals surface area (Å²) in [5.41, 5.74) is 0.661. The van der Waals surface area contributed by atoms with E-state index in [9.17, 15) is 8.78 Å². The van der Waals surface area contributed by atoms with Crippen molar-refractivity contribution in [3.8, 4) is 0 Å². The Bertz CT molecular complexity index is 533. The van der Waals surface area contributed by atoms with Gasteiger partial charge in [0.1, 0.15) is 0 Å². The predicted octanol–water partition coefficient (Wildman–Crippen LogP) is 4.07. The SMILES string of the molecule is FC(F)Sc1ccccc1NC1=NC2(CCOCC2)CS1. The number of benzene rings is 1. The van der Waals surface area contributed by atoms with E-state index in [1.807, 2.05) is 12.1 Å². The molecule has 1 spiro atoms. The third-order valence-electron chi connectivity index (χ3n) is 3.58. The van der Waals surface area contributed by atoms with Crippen molar-refractivity contribution in [2.45, 2.75) is 29.0 Å². The molecule has 0 aliphatic carbocycles. The van der Waals surface area contributed by atoms with Gasteiger partial charge in [-0.15, -0.1) is 0 Å². The van der Waals surface area contributed by atoms with Gasteiger partial charge in [0.15, 0.2) is 5.17 Å². The summed E-state index contributed by atoms with van der Waals surface area (Å²) in [6, 6.07) is 7.11. The van der Waals surface area contributed by atoms with E-state index in [1.165, 1.54) is 0 Å². The van der Waals surface area contributed by atoms with Crippen LogP contribution in [0.25, 0.3) is 0 Å². The van der Waals surface area contributed by atoms with Crippen LogP contribution in [0.1, 0.15) is 12.8 Å². The molecule has 0 radical (unpaired) electrons. The molecule has 3 nitrogen and oxygen atoms in total.